The summed E-state index contributed by atoms with van der Waals surface area (Å²) in [5.74, 6) is -1.70. The molecule has 0 heterocycles. The highest BCUT2D eigenvalue weighted by Gasteiger charge is 2.42. The van der Waals surface area contributed by atoms with Crippen molar-refractivity contribution in [1.82, 2.24) is 5.32 Å². The number of rotatable bonds is 2. The molecule has 1 amide bonds. The molecule has 2 atom stereocenters. The number of nitrogens with two attached hydrogens (primary N) is 1. The summed E-state index contributed by atoms with van der Waals surface area (Å²) < 4.78 is 38.8. The molecule has 0 aliphatic heterocycles. The minimum Gasteiger partial charge on any atom is -0.398 e. The van der Waals surface area contributed by atoms with Gasteiger partial charge in [-0.1, -0.05) is 6.42 Å². The van der Waals surface area contributed by atoms with Crippen molar-refractivity contribution < 1.29 is 18.0 Å². The van der Waals surface area contributed by atoms with Gasteiger partial charge < -0.3 is 11.1 Å². The molecule has 21 heavy (non-hydrogen) atoms. The average Bonchev–Trinajstić information content (AvgIpc) is 2.41. The number of anilines is 1. The molecule has 1 aliphatic carbocycles. The number of alkyl halides is 3. The van der Waals surface area contributed by atoms with Gasteiger partial charge in [-0.2, -0.15) is 13.2 Å². The summed E-state index contributed by atoms with van der Waals surface area (Å²) in [6.07, 6.45) is -3.04. The Hall–Kier alpha value is -1.24. The Kier molecular flexibility index (Phi) is 4.81. The van der Waals surface area contributed by atoms with E-state index in [1.54, 1.807) is 18.2 Å². The fraction of sp³-hybridized carbons (Fsp3) is 0.500. The van der Waals surface area contributed by atoms with Crippen LogP contribution in [0.1, 0.15) is 36.0 Å². The van der Waals surface area contributed by atoms with E-state index in [-0.39, 0.29) is 18.7 Å². The van der Waals surface area contributed by atoms with E-state index in [0.717, 1.165) is 0 Å². The summed E-state index contributed by atoms with van der Waals surface area (Å²) in [4.78, 5) is 12.1. The smallest absolute Gasteiger partial charge is 0.391 e. The maximum atomic E-state index is 12.7. The van der Waals surface area contributed by atoms with Crippen molar-refractivity contribution in [3.8, 4) is 0 Å². The molecule has 1 aliphatic rings. The molecule has 0 bridgehead atoms. The number of benzene rings is 1. The standard InChI is InChI=1S/C14H16BrF3N2O/c15-11-6-8(4-5-12(11)19)13(21)20-10-3-1-2-9(7-10)14(16,17)18/h4-6,9-10H,1-3,7,19H2,(H,20,21). The molecule has 1 fully saturated rings. The molecule has 2 unspecified atom stereocenters. The molecule has 1 aromatic rings. The monoisotopic (exact) mass is 364 g/mol. The first-order chi connectivity index (χ1) is 9.77. The summed E-state index contributed by atoms with van der Waals surface area (Å²) in [6.45, 7) is 0. The van der Waals surface area contributed by atoms with Gasteiger partial charge in [0.15, 0.2) is 0 Å². The van der Waals surface area contributed by atoms with Crippen LogP contribution in [0, 0.1) is 5.92 Å². The van der Waals surface area contributed by atoms with Gasteiger partial charge in [-0.25, -0.2) is 0 Å². The second-order valence-electron chi connectivity index (χ2n) is 5.31. The number of nitrogen functional groups attached to an aromatic ring is 1. The largest absolute Gasteiger partial charge is 0.398 e. The Morgan fingerprint density at radius 3 is 2.67 bits per heavy atom. The average molecular weight is 365 g/mol. The van der Waals surface area contributed by atoms with Crippen LogP contribution in [0.5, 0.6) is 0 Å². The van der Waals surface area contributed by atoms with Gasteiger partial charge in [-0.15, -0.1) is 0 Å². The Balaban J connectivity index is 2.00. The van der Waals surface area contributed by atoms with Crippen molar-refractivity contribution >= 4 is 27.5 Å². The summed E-state index contributed by atoms with van der Waals surface area (Å²) in [5, 5.41) is 2.68. The highest BCUT2D eigenvalue weighted by atomic mass is 79.9. The minimum absolute atomic E-state index is 0.0502. The Labute approximate surface area is 129 Å². The zero-order valence-corrected chi connectivity index (χ0v) is 12.8. The molecule has 7 heteroatoms. The van der Waals surface area contributed by atoms with Crippen LogP contribution in [0.25, 0.3) is 0 Å². The third kappa shape index (κ3) is 4.12. The molecule has 116 valence electrons. The molecule has 1 aromatic carbocycles. The van der Waals surface area contributed by atoms with Gasteiger partial charge >= 0.3 is 6.18 Å². The van der Waals surface area contributed by atoms with Crippen LogP contribution in [-0.2, 0) is 0 Å². The highest BCUT2D eigenvalue weighted by molar-refractivity contribution is 9.10. The van der Waals surface area contributed by atoms with Crippen molar-refractivity contribution in [1.29, 1.82) is 0 Å². The van der Waals surface area contributed by atoms with E-state index in [2.05, 4.69) is 21.2 Å². The van der Waals surface area contributed by atoms with Crippen molar-refractivity contribution in [2.75, 3.05) is 5.73 Å². The summed E-state index contributed by atoms with van der Waals surface area (Å²) in [7, 11) is 0. The van der Waals surface area contributed by atoms with Gasteiger partial charge in [-0.05, 0) is 53.4 Å². The predicted molar refractivity (Wildman–Crippen MR) is 77.8 cm³/mol. The fourth-order valence-corrected chi connectivity index (χ4v) is 2.93. The lowest BCUT2D eigenvalue weighted by atomic mass is 9.85. The van der Waals surface area contributed by atoms with Crippen molar-refractivity contribution in [3.05, 3.63) is 28.2 Å². The van der Waals surface area contributed by atoms with Gasteiger partial charge in [0.2, 0.25) is 0 Å². The fourth-order valence-electron chi connectivity index (χ4n) is 2.56. The molecule has 2 rings (SSSR count). The van der Waals surface area contributed by atoms with Crippen LogP contribution >= 0.6 is 15.9 Å². The normalized spacial score (nSPS) is 22.9. The number of amides is 1. The highest BCUT2D eigenvalue weighted by Crippen LogP contribution is 2.37. The van der Waals surface area contributed by atoms with Gasteiger partial charge in [0.1, 0.15) is 0 Å². The molecular weight excluding hydrogens is 349 g/mol. The van der Waals surface area contributed by atoms with E-state index in [1.807, 2.05) is 0 Å². The molecule has 0 saturated heterocycles. The van der Waals surface area contributed by atoms with Crippen molar-refractivity contribution in [3.63, 3.8) is 0 Å². The zero-order valence-electron chi connectivity index (χ0n) is 11.2. The number of carbonyl (C=O) groups is 1. The van der Waals surface area contributed by atoms with E-state index < -0.39 is 18.1 Å². The first-order valence-electron chi connectivity index (χ1n) is 6.70. The van der Waals surface area contributed by atoms with E-state index in [0.29, 0.717) is 28.6 Å². The summed E-state index contributed by atoms with van der Waals surface area (Å²) in [5.41, 5.74) is 6.52. The quantitative estimate of drug-likeness (QED) is 0.782. The van der Waals surface area contributed by atoms with Gasteiger partial charge in [-0.3, -0.25) is 4.79 Å². The van der Waals surface area contributed by atoms with Crippen LogP contribution < -0.4 is 11.1 Å². The maximum Gasteiger partial charge on any atom is 0.391 e. The molecule has 0 spiro atoms. The summed E-state index contributed by atoms with van der Waals surface area (Å²) >= 11 is 3.22. The van der Waals surface area contributed by atoms with E-state index in [4.69, 9.17) is 5.73 Å². The van der Waals surface area contributed by atoms with Crippen LogP contribution in [0.4, 0.5) is 18.9 Å². The molecule has 0 radical (unpaired) electrons. The molecular formula is C14H16BrF3N2O. The zero-order chi connectivity index (χ0) is 15.6. The Bertz CT molecular complexity index is 533. The molecule has 0 aromatic heterocycles. The van der Waals surface area contributed by atoms with E-state index in [9.17, 15) is 18.0 Å². The maximum absolute atomic E-state index is 12.7. The minimum atomic E-state index is -4.19. The first kappa shape index (κ1) is 16.1. The first-order valence-corrected chi connectivity index (χ1v) is 7.49. The number of carbonyl (C=O) groups excluding carboxylic acids is 1. The Morgan fingerprint density at radius 1 is 1.33 bits per heavy atom. The number of hydrogen-bond donors (Lipinski definition) is 2. The predicted octanol–water partition coefficient (Wildman–Crippen LogP) is 3.88. The van der Waals surface area contributed by atoms with Crippen LogP contribution in [0.15, 0.2) is 22.7 Å². The molecule has 1 saturated carbocycles. The third-order valence-corrected chi connectivity index (χ3v) is 4.42. The summed E-state index contributed by atoms with van der Waals surface area (Å²) in [6, 6.07) is 4.27. The van der Waals surface area contributed by atoms with Crippen LogP contribution in [0.3, 0.4) is 0 Å². The van der Waals surface area contributed by atoms with Crippen molar-refractivity contribution in [2.24, 2.45) is 5.92 Å². The molecule has 3 N–H and O–H groups in total. The SMILES string of the molecule is Nc1ccc(C(=O)NC2CCCC(C(F)(F)F)C2)cc1Br. The van der Waals surface area contributed by atoms with Gasteiger partial charge in [0.05, 0.1) is 5.92 Å². The lowest BCUT2D eigenvalue weighted by Gasteiger charge is -2.31. The topological polar surface area (TPSA) is 55.1 Å². The van der Waals surface area contributed by atoms with Gasteiger partial charge in [0, 0.05) is 21.8 Å². The third-order valence-electron chi connectivity index (χ3n) is 3.73. The van der Waals surface area contributed by atoms with Crippen molar-refractivity contribution in [2.45, 2.75) is 37.9 Å². The van der Waals surface area contributed by atoms with Crippen LogP contribution in [-0.4, -0.2) is 18.1 Å². The second kappa shape index (κ2) is 6.25. The van der Waals surface area contributed by atoms with E-state index >= 15 is 0 Å². The number of nitrogens with one attached hydrogen (secondary N) is 1. The molecule has 3 nitrogen and oxygen atoms in total. The van der Waals surface area contributed by atoms with Gasteiger partial charge in [0.25, 0.3) is 5.91 Å². The van der Waals surface area contributed by atoms with Crippen LogP contribution in [0.2, 0.25) is 0 Å². The lowest BCUT2D eigenvalue weighted by Crippen LogP contribution is -2.41. The second-order valence-corrected chi connectivity index (χ2v) is 6.17. The lowest BCUT2D eigenvalue weighted by molar-refractivity contribution is -0.183. The number of hydrogen-bond acceptors (Lipinski definition) is 2. The number of halogens is 4. The van der Waals surface area contributed by atoms with E-state index in [1.165, 1.54) is 0 Å². The Morgan fingerprint density at radius 2 is 2.05 bits per heavy atom.